The molecule has 4 N–H and O–H groups in total. The molecular formula is C16H15BrF2N6O4. The second-order valence-corrected chi connectivity index (χ2v) is 7.25. The maximum Gasteiger partial charge on any atom is 0.156 e. The van der Waals surface area contributed by atoms with Gasteiger partial charge in [-0.3, -0.25) is 5.10 Å². The van der Waals surface area contributed by atoms with Gasteiger partial charge in [0.15, 0.2) is 5.82 Å². The number of benzene rings is 1. The summed E-state index contributed by atoms with van der Waals surface area (Å²) in [5.74, 6) is -1.43. The maximum absolute atomic E-state index is 13.8. The first-order valence-electron chi connectivity index (χ1n) is 8.45. The average Bonchev–Trinajstić information content (AvgIpc) is 3.38. The number of hydrogen-bond donors (Lipinski definition) is 4. The number of halogens is 3. The molecule has 13 heteroatoms. The lowest BCUT2D eigenvalue weighted by Gasteiger charge is -2.41. The standard InChI is InChI=1S/C16H15BrF2N6O4/c17-11-7(18)1-6(2-8(11)19)9-3-25(24-22-9)12-13(27)10(4-26)29-15(14(12)28)16-20-5-21-23-16/h1-3,5,10,12-15,26-28H,4H2,(H,20,21,23)/t10-,12+,13+,14-,15-/m1/s1. The van der Waals surface area contributed by atoms with Gasteiger partial charge in [-0.05, 0) is 28.1 Å². The number of ether oxygens (including phenoxy) is 1. The van der Waals surface area contributed by atoms with Gasteiger partial charge in [0, 0.05) is 5.56 Å². The Balaban J connectivity index is 1.69. The molecule has 1 saturated heterocycles. The molecular weight excluding hydrogens is 458 g/mol. The highest BCUT2D eigenvalue weighted by Gasteiger charge is 2.47. The van der Waals surface area contributed by atoms with Crippen LogP contribution in [0.25, 0.3) is 11.3 Å². The molecule has 0 bridgehead atoms. The van der Waals surface area contributed by atoms with Gasteiger partial charge in [-0.1, -0.05) is 5.21 Å². The summed E-state index contributed by atoms with van der Waals surface area (Å²) in [5, 5.41) is 44.9. The minimum atomic E-state index is -1.35. The van der Waals surface area contributed by atoms with Crippen LogP contribution in [0.5, 0.6) is 0 Å². The van der Waals surface area contributed by atoms with Gasteiger partial charge in [-0.25, -0.2) is 18.4 Å². The fourth-order valence-corrected chi connectivity index (χ4v) is 3.48. The maximum atomic E-state index is 13.8. The summed E-state index contributed by atoms with van der Waals surface area (Å²) in [6.45, 7) is -0.528. The summed E-state index contributed by atoms with van der Waals surface area (Å²) >= 11 is 2.80. The molecule has 0 saturated carbocycles. The van der Waals surface area contributed by atoms with Crippen LogP contribution in [0, 0.1) is 11.6 Å². The molecule has 10 nitrogen and oxygen atoms in total. The predicted octanol–water partition coefficient (Wildman–Crippen LogP) is 0.499. The SMILES string of the molecule is OC[C@H]1O[C@@H](c2ncn[nH]2)[C@H](O)[C@@H](n2cc(-c3cc(F)c(Br)c(F)c3)nn2)[C@H]1O. The van der Waals surface area contributed by atoms with E-state index in [4.69, 9.17) is 4.74 Å². The van der Waals surface area contributed by atoms with Gasteiger partial charge in [0.2, 0.25) is 0 Å². The number of H-pyrrole nitrogens is 1. The van der Waals surface area contributed by atoms with Crippen LogP contribution in [0.15, 0.2) is 29.1 Å². The van der Waals surface area contributed by atoms with Gasteiger partial charge in [-0.15, -0.1) is 5.10 Å². The van der Waals surface area contributed by atoms with E-state index in [1.54, 1.807) is 0 Å². The Morgan fingerprint density at radius 2 is 1.93 bits per heavy atom. The summed E-state index contributed by atoms with van der Waals surface area (Å²) in [6, 6.07) is 1.07. The van der Waals surface area contributed by atoms with Crippen molar-refractivity contribution < 1.29 is 28.8 Å². The third-order valence-corrected chi connectivity index (χ3v) is 5.45. The number of aromatic amines is 1. The van der Waals surface area contributed by atoms with Crippen LogP contribution in [0.1, 0.15) is 18.0 Å². The minimum absolute atomic E-state index is 0.121. The van der Waals surface area contributed by atoms with E-state index < -0.39 is 48.7 Å². The molecule has 3 heterocycles. The zero-order valence-corrected chi connectivity index (χ0v) is 16.1. The molecule has 1 aliphatic heterocycles. The number of nitrogens with one attached hydrogen (secondary N) is 1. The van der Waals surface area contributed by atoms with Crippen molar-refractivity contribution in [2.24, 2.45) is 0 Å². The molecule has 2 aromatic heterocycles. The number of rotatable bonds is 4. The number of nitrogens with zero attached hydrogens (tertiary/aromatic N) is 5. The molecule has 5 atom stereocenters. The Bertz CT molecular complexity index is 980. The number of hydrogen-bond acceptors (Lipinski definition) is 8. The summed E-state index contributed by atoms with van der Waals surface area (Å²) in [4.78, 5) is 3.94. The average molecular weight is 473 g/mol. The van der Waals surface area contributed by atoms with Crippen molar-refractivity contribution >= 4 is 15.9 Å². The predicted molar refractivity (Wildman–Crippen MR) is 95.2 cm³/mol. The van der Waals surface area contributed by atoms with Crippen LogP contribution in [-0.2, 0) is 4.74 Å². The second-order valence-electron chi connectivity index (χ2n) is 6.46. The molecule has 0 unspecified atom stereocenters. The first-order chi connectivity index (χ1) is 13.9. The van der Waals surface area contributed by atoms with E-state index in [0.717, 1.165) is 16.8 Å². The van der Waals surface area contributed by atoms with E-state index in [9.17, 15) is 24.1 Å². The van der Waals surface area contributed by atoms with Gasteiger partial charge in [-0.2, -0.15) is 5.10 Å². The molecule has 154 valence electrons. The lowest BCUT2D eigenvalue weighted by atomic mass is 9.92. The number of aromatic nitrogens is 6. The van der Waals surface area contributed by atoms with Gasteiger partial charge < -0.3 is 20.1 Å². The Morgan fingerprint density at radius 1 is 1.21 bits per heavy atom. The van der Waals surface area contributed by atoms with E-state index in [-0.39, 0.29) is 21.6 Å². The lowest BCUT2D eigenvalue weighted by Crippen LogP contribution is -2.53. The molecule has 0 amide bonds. The topological polar surface area (TPSA) is 142 Å². The molecule has 1 aromatic carbocycles. The van der Waals surface area contributed by atoms with Crippen LogP contribution >= 0.6 is 15.9 Å². The first kappa shape index (κ1) is 20.0. The number of aliphatic hydroxyl groups excluding tert-OH is 3. The Labute approximate surface area is 170 Å². The van der Waals surface area contributed by atoms with Crippen molar-refractivity contribution in [1.29, 1.82) is 0 Å². The molecule has 1 fully saturated rings. The second kappa shape index (κ2) is 7.84. The first-order valence-corrected chi connectivity index (χ1v) is 9.24. The molecule has 1 aliphatic rings. The van der Waals surface area contributed by atoms with Crippen LogP contribution in [0.3, 0.4) is 0 Å². The molecule has 0 aliphatic carbocycles. The van der Waals surface area contributed by atoms with E-state index in [1.165, 1.54) is 12.5 Å². The van der Waals surface area contributed by atoms with Crippen molar-refractivity contribution in [2.75, 3.05) is 6.61 Å². The van der Waals surface area contributed by atoms with Crippen LogP contribution in [0.4, 0.5) is 8.78 Å². The van der Waals surface area contributed by atoms with Gasteiger partial charge in [0.25, 0.3) is 0 Å². The van der Waals surface area contributed by atoms with Gasteiger partial charge in [0.1, 0.15) is 54.1 Å². The lowest BCUT2D eigenvalue weighted by molar-refractivity contribution is -0.210. The molecule has 0 radical (unpaired) electrons. The molecule has 29 heavy (non-hydrogen) atoms. The Hall–Kier alpha value is -2.32. The third-order valence-electron chi connectivity index (χ3n) is 4.69. The molecule has 4 rings (SSSR count). The fourth-order valence-electron chi connectivity index (χ4n) is 3.25. The zero-order valence-electron chi connectivity index (χ0n) is 14.5. The molecule has 3 aromatic rings. The number of aliphatic hydroxyl groups is 3. The van der Waals surface area contributed by atoms with Crippen LogP contribution < -0.4 is 0 Å². The van der Waals surface area contributed by atoms with E-state index in [0.29, 0.717) is 0 Å². The highest BCUT2D eigenvalue weighted by Crippen LogP contribution is 2.37. The van der Waals surface area contributed by atoms with Crippen molar-refractivity contribution in [3.8, 4) is 11.3 Å². The van der Waals surface area contributed by atoms with Crippen LogP contribution in [-0.4, -0.2) is 70.4 Å². The van der Waals surface area contributed by atoms with Crippen molar-refractivity contribution in [3.63, 3.8) is 0 Å². The van der Waals surface area contributed by atoms with E-state index >= 15 is 0 Å². The Kier molecular flexibility index (Phi) is 5.40. The van der Waals surface area contributed by atoms with Crippen molar-refractivity contribution in [1.82, 2.24) is 30.2 Å². The summed E-state index contributed by atoms with van der Waals surface area (Å²) in [5.41, 5.74) is 0.244. The summed E-state index contributed by atoms with van der Waals surface area (Å²) in [6.07, 6.45) is -2.21. The monoisotopic (exact) mass is 472 g/mol. The zero-order chi connectivity index (χ0) is 20.7. The highest BCUT2D eigenvalue weighted by atomic mass is 79.9. The van der Waals surface area contributed by atoms with Crippen molar-refractivity contribution in [2.45, 2.75) is 30.5 Å². The smallest absolute Gasteiger partial charge is 0.156 e. The Morgan fingerprint density at radius 3 is 2.55 bits per heavy atom. The van der Waals surface area contributed by atoms with Crippen LogP contribution in [0.2, 0.25) is 0 Å². The largest absolute Gasteiger partial charge is 0.394 e. The van der Waals surface area contributed by atoms with E-state index in [2.05, 4.69) is 41.4 Å². The minimum Gasteiger partial charge on any atom is -0.394 e. The van der Waals surface area contributed by atoms with Gasteiger partial charge >= 0.3 is 0 Å². The van der Waals surface area contributed by atoms with E-state index in [1.807, 2.05) is 0 Å². The third kappa shape index (κ3) is 3.55. The summed E-state index contributed by atoms with van der Waals surface area (Å²) < 4.78 is 34.1. The summed E-state index contributed by atoms with van der Waals surface area (Å²) in [7, 11) is 0. The quantitative estimate of drug-likeness (QED) is 0.402. The highest BCUT2D eigenvalue weighted by molar-refractivity contribution is 9.10. The normalized spacial score (nSPS) is 27.3. The molecule has 0 spiro atoms. The fraction of sp³-hybridized carbons (Fsp3) is 0.375. The van der Waals surface area contributed by atoms with Crippen molar-refractivity contribution in [3.05, 3.63) is 46.6 Å². The van der Waals surface area contributed by atoms with Gasteiger partial charge in [0.05, 0.1) is 17.3 Å².